The van der Waals surface area contributed by atoms with E-state index in [1.165, 1.54) is 30.6 Å². The van der Waals surface area contributed by atoms with Crippen LogP contribution in [-0.4, -0.2) is 36.8 Å². The number of carbonyl (C=O) groups is 2. The fourth-order valence-electron chi connectivity index (χ4n) is 1.96. The number of nitrogens with zero attached hydrogens (tertiary/aromatic N) is 1. The van der Waals surface area contributed by atoms with E-state index < -0.39 is 30.7 Å². The molecule has 2 aromatic heterocycles. The second kappa shape index (κ2) is 8.65. The van der Waals surface area contributed by atoms with Crippen molar-refractivity contribution in [2.45, 2.75) is 18.6 Å². The third kappa shape index (κ3) is 6.03. The van der Waals surface area contributed by atoms with Crippen molar-refractivity contribution in [2.24, 2.45) is 0 Å². The Hall–Kier alpha value is -2.62. The van der Waals surface area contributed by atoms with Crippen molar-refractivity contribution >= 4 is 23.2 Å². The number of hydrogen-bond acceptors (Lipinski definition) is 6. The zero-order valence-electron chi connectivity index (χ0n) is 13.6. The molecule has 0 aliphatic rings. The number of ether oxygens (including phenoxy) is 2. The van der Waals surface area contributed by atoms with E-state index in [1.54, 1.807) is 17.5 Å². The molecule has 0 fully saturated rings. The van der Waals surface area contributed by atoms with Gasteiger partial charge in [0.25, 0.3) is 5.91 Å². The minimum Gasteiger partial charge on any atom is -0.469 e. The van der Waals surface area contributed by atoms with Crippen molar-refractivity contribution in [2.75, 3.05) is 13.7 Å². The van der Waals surface area contributed by atoms with E-state index in [0.29, 0.717) is 0 Å². The average molecular weight is 388 g/mol. The second-order valence-electron chi connectivity index (χ2n) is 5.11. The van der Waals surface area contributed by atoms with E-state index >= 15 is 0 Å². The van der Waals surface area contributed by atoms with E-state index in [4.69, 9.17) is 0 Å². The number of hydrogen-bond donors (Lipinski definition) is 1. The molecule has 1 atom stereocenters. The predicted octanol–water partition coefficient (Wildman–Crippen LogP) is 3.12. The van der Waals surface area contributed by atoms with Gasteiger partial charge in [-0.15, -0.1) is 11.3 Å². The molecule has 1 unspecified atom stereocenters. The Morgan fingerprint density at radius 3 is 2.62 bits per heavy atom. The molecule has 140 valence electrons. The quantitative estimate of drug-likeness (QED) is 0.738. The lowest BCUT2D eigenvalue weighted by Crippen LogP contribution is -2.30. The molecule has 0 saturated heterocycles. The lowest BCUT2D eigenvalue weighted by Gasteiger charge is -2.16. The van der Waals surface area contributed by atoms with E-state index in [9.17, 15) is 22.8 Å². The molecule has 1 N–H and O–H groups in total. The Labute approximate surface area is 150 Å². The summed E-state index contributed by atoms with van der Waals surface area (Å²) in [4.78, 5) is 28.3. The molecule has 0 bridgehead atoms. The van der Waals surface area contributed by atoms with Gasteiger partial charge in [0.05, 0.1) is 25.1 Å². The summed E-state index contributed by atoms with van der Waals surface area (Å²) in [7, 11) is 1.25. The van der Waals surface area contributed by atoms with Crippen molar-refractivity contribution in [1.82, 2.24) is 10.3 Å². The first-order valence-corrected chi connectivity index (χ1v) is 8.23. The first-order valence-electron chi connectivity index (χ1n) is 7.35. The number of pyridine rings is 1. The van der Waals surface area contributed by atoms with Gasteiger partial charge < -0.3 is 14.8 Å². The van der Waals surface area contributed by atoms with Crippen molar-refractivity contribution in [3.8, 4) is 5.88 Å². The minimum atomic E-state index is -4.47. The third-order valence-electron chi connectivity index (χ3n) is 3.17. The molecular weight excluding hydrogens is 373 g/mol. The number of thiophene rings is 1. The maximum atomic E-state index is 12.3. The maximum Gasteiger partial charge on any atom is 0.422 e. The van der Waals surface area contributed by atoms with Crippen LogP contribution in [0, 0.1) is 0 Å². The summed E-state index contributed by atoms with van der Waals surface area (Å²) in [5.41, 5.74) is 0.121. The van der Waals surface area contributed by atoms with Gasteiger partial charge in [0.1, 0.15) is 0 Å². The Kier molecular flexibility index (Phi) is 6.56. The first-order chi connectivity index (χ1) is 12.3. The zero-order chi connectivity index (χ0) is 19.2. The van der Waals surface area contributed by atoms with Crippen LogP contribution >= 0.6 is 11.3 Å². The minimum absolute atomic E-state index is 0.0526. The summed E-state index contributed by atoms with van der Waals surface area (Å²) >= 11 is 1.37. The molecule has 0 aliphatic carbocycles. The summed E-state index contributed by atoms with van der Waals surface area (Å²) < 4.78 is 45.4. The summed E-state index contributed by atoms with van der Waals surface area (Å²) in [5, 5.41) is 4.49. The van der Waals surface area contributed by atoms with E-state index in [0.717, 1.165) is 11.1 Å². The van der Waals surface area contributed by atoms with Crippen molar-refractivity contribution < 1.29 is 32.2 Å². The standard InChI is InChI=1S/C16H15F3N2O4S/c1-24-14(22)7-11(12-3-2-6-26-12)21-15(23)10-4-5-13(20-8-10)25-9-16(17,18)19/h2-6,8,11H,7,9H2,1H3,(H,21,23). The first kappa shape index (κ1) is 19.7. The molecule has 1 amide bonds. The molecule has 0 radical (unpaired) electrons. The average Bonchev–Trinajstić information content (AvgIpc) is 3.13. The fourth-order valence-corrected chi connectivity index (χ4v) is 2.74. The molecule has 2 heterocycles. The molecule has 10 heteroatoms. The fraction of sp³-hybridized carbons (Fsp3) is 0.312. The van der Waals surface area contributed by atoms with E-state index in [1.807, 2.05) is 0 Å². The molecule has 0 saturated carbocycles. The number of alkyl halides is 3. The number of rotatable bonds is 7. The van der Waals surface area contributed by atoms with Crippen molar-refractivity contribution in [3.63, 3.8) is 0 Å². The van der Waals surface area contributed by atoms with Gasteiger partial charge in [-0.05, 0) is 17.5 Å². The van der Waals surface area contributed by atoms with Crippen molar-refractivity contribution in [3.05, 3.63) is 46.3 Å². The van der Waals surface area contributed by atoms with Gasteiger partial charge >= 0.3 is 12.1 Å². The topological polar surface area (TPSA) is 77.5 Å². The number of halogens is 3. The number of nitrogens with one attached hydrogen (secondary N) is 1. The molecule has 0 aromatic carbocycles. The summed E-state index contributed by atoms with van der Waals surface area (Å²) in [5.74, 6) is -1.26. The van der Waals surface area contributed by atoms with Gasteiger partial charge in [0.2, 0.25) is 5.88 Å². The third-order valence-corrected chi connectivity index (χ3v) is 4.16. The maximum absolute atomic E-state index is 12.3. The highest BCUT2D eigenvalue weighted by Gasteiger charge is 2.28. The van der Waals surface area contributed by atoms with E-state index in [-0.39, 0.29) is 17.9 Å². The Bertz CT molecular complexity index is 733. The molecule has 2 rings (SSSR count). The Morgan fingerprint density at radius 1 is 1.31 bits per heavy atom. The van der Waals surface area contributed by atoms with Crippen LogP contribution in [-0.2, 0) is 9.53 Å². The summed E-state index contributed by atoms with van der Waals surface area (Å²) in [6.45, 7) is -1.47. The SMILES string of the molecule is COC(=O)CC(NC(=O)c1ccc(OCC(F)(F)F)nc1)c1cccs1. The smallest absolute Gasteiger partial charge is 0.422 e. The molecule has 0 aliphatic heterocycles. The van der Waals surface area contributed by atoms with Gasteiger partial charge in [-0.1, -0.05) is 6.07 Å². The van der Waals surface area contributed by atoms with Crippen LogP contribution in [0.25, 0.3) is 0 Å². The van der Waals surface area contributed by atoms with Crippen molar-refractivity contribution in [1.29, 1.82) is 0 Å². The van der Waals surface area contributed by atoms with Crippen LogP contribution in [0.15, 0.2) is 35.8 Å². The second-order valence-corrected chi connectivity index (χ2v) is 6.09. The molecule has 0 spiro atoms. The highest BCUT2D eigenvalue weighted by Crippen LogP contribution is 2.23. The normalized spacial score (nSPS) is 12.3. The van der Waals surface area contributed by atoms with Gasteiger partial charge in [-0.3, -0.25) is 9.59 Å². The van der Waals surface area contributed by atoms with Crippen LogP contribution in [0.4, 0.5) is 13.2 Å². The van der Waals surface area contributed by atoms with Gasteiger partial charge in [-0.2, -0.15) is 13.2 Å². The monoisotopic (exact) mass is 388 g/mol. The van der Waals surface area contributed by atoms with E-state index in [2.05, 4.69) is 19.8 Å². The molecule has 2 aromatic rings. The highest BCUT2D eigenvalue weighted by atomic mass is 32.1. The van der Waals surface area contributed by atoms with Crippen LogP contribution in [0.2, 0.25) is 0 Å². The van der Waals surface area contributed by atoms with Crippen LogP contribution in [0.5, 0.6) is 5.88 Å². The number of methoxy groups -OCH3 is 1. The molecule has 6 nitrogen and oxygen atoms in total. The lowest BCUT2D eigenvalue weighted by atomic mass is 10.1. The number of esters is 1. The largest absolute Gasteiger partial charge is 0.469 e. The summed E-state index contributed by atoms with van der Waals surface area (Å²) in [6.07, 6.45) is -3.42. The van der Waals surface area contributed by atoms with Crippen LogP contribution < -0.4 is 10.1 Å². The van der Waals surface area contributed by atoms with Gasteiger partial charge in [0, 0.05) is 17.1 Å². The zero-order valence-corrected chi connectivity index (χ0v) is 14.4. The number of aromatic nitrogens is 1. The number of carbonyl (C=O) groups excluding carboxylic acids is 2. The van der Waals surface area contributed by atoms with Gasteiger partial charge in [0.15, 0.2) is 6.61 Å². The Morgan fingerprint density at radius 2 is 2.08 bits per heavy atom. The summed E-state index contributed by atoms with van der Waals surface area (Å²) in [6, 6.07) is 5.42. The number of amides is 1. The van der Waals surface area contributed by atoms with Gasteiger partial charge in [-0.25, -0.2) is 4.98 Å². The lowest BCUT2D eigenvalue weighted by molar-refractivity contribution is -0.154. The van der Waals surface area contributed by atoms with Crippen LogP contribution in [0.3, 0.4) is 0 Å². The molecular formula is C16H15F3N2O4S. The molecule has 26 heavy (non-hydrogen) atoms. The van der Waals surface area contributed by atoms with Crippen LogP contribution in [0.1, 0.15) is 27.7 Å². The predicted molar refractivity (Wildman–Crippen MR) is 86.9 cm³/mol. The highest BCUT2D eigenvalue weighted by molar-refractivity contribution is 7.10. The Balaban J connectivity index is 2.03.